The summed E-state index contributed by atoms with van der Waals surface area (Å²) in [6.45, 7) is 3.66. The molecule has 1 aliphatic heterocycles. The van der Waals surface area contributed by atoms with Crippen molar-refractivity contribution in [2.45, 2.75) is 26.2 Å². The number of aromatic nitrogens is 2. The van der Waals surface area contributed by atoms with Crippen LogP contribution in [0.5, 0.6) is 5.75 Å². The van der Waals surface area contributed by atoms with Gasteiger partial charge >= 0.3 is 0 Å². The van der Waals surface area contributed by atoms with Gasteiger partial charge in [-0.3, -0.25) is 4.79 Å². The molecule has 28 heavy (non-hydrogen) atoms. The number of hydrogen-bond donors (Lipinski definition) is 2. The van der Waals surface area contributed by atoms with E-state index >= 15 is 0 Å². The van der Waals surface area contributed by atoms with Crippen molar-refractivity contribution in [1.29, 1.82) is 0 Å². The maximum atomic E-state index is 12.1. The molecule has 1 fully saturated rings. The molecule has 8 nitrogen and oxygen atoms in total. The maximum Gasteiger partial charge on any atom is 0.251 e. The summed E-state index contributed by atoms with van der Waals surface area (Å²) >= 11 is 6.33. The molecule has 1 saturated heterocycles. The highest BCUT2D eigenvalue weighted by Crippen LogP contribution is 2.31. The Morgan fingerprint density at radius 1 is 1.36 bits per heavy atom. The molecule has 1 unspecified atom stereocenters. The van der Waals surface area contributed by atoms with Crippen molar-refractivity contribution in [2.75, 3.05) is 19.8 Å². The second-order valence-corrected chi connectivity index (χ2v) is 6.95. The SMILES string of the molecule is Cc1cc(COc2cc3[nH]c(CNC(=O)C4COCCO4)cc3cc2Cl)on1. The van der Waals surface area contributed by atoms with Gasteiger partial charge in [0.25, 0.3) is 5.91 Å². The minimum absolute atomic E-state index is 0.192. The van der Waals surface area contributed by atoms with E-state index in [0.717, 1.165) is 22.3 Å². The average Bonchev–Trinajstić information content (AvgIpc) is 3.30. The minimum atomic E-state index is -0.563. The molecule has 1 amide bonds. The van der Waals surface area contributed by atoms with Crippen molar-refractivity contribution in [1.82, 2.24) is 15.5 Å². The molecule has 2 N–H and O–H groups in total. The molecule has 1 aliphatic rings. The summed E-state index contributed by atoms with van der Waals surface area (Å²) in [5.41, 5.74) is 2.50. The fourth-order valence-electron chi connectivity index (χ4n) is 2.97. The summed E-state index contributed by atoms with van der Waals surface area (Å²) in [5.74, 6) is 0.966. The van der Waals surface area contributed by atoms with E-state index < -0.39 is 6.10 Å². The maximum absolute atomic E-state index is 12.1. The quantitative estimate of drug-likeness (QED) is 0.654. The van der Waals surface area contributed by atoms with Gasteiger partial charge in [0.05, 0.1) is 37.1 Å². The van der Waals surface area contributed by atoms with Gasteiger partial charge < -0.3 is 29.0 Å². The van der Waals surface area contributed by atoms with Gasteiger partial charge in [-0.2, -0.15) is 0 Å². The zero-order chi connectivity index (χ0) is 19.5. The van der Waals surface area contributed by atoms with Crippen LogP contribution in [0.15, 0.2) is 28.8 Å². The number of carbonyl (C=O) groups excluding carboxylic acids is 1. The Kier molecular flexibility index (Phi) is 5.52. The fraction of sp³-hybridized carbons (Fsp3) is 0.368. The predicted octanol–water partition coefficient (Wildman–Crippen LogP) is 2.73. The van der Waals surface area contributed by atoms with E-state index in [1.165, 1.54) is 0 Å². The number of nitrogens with one attached hydrogen (secondary N) is 2. The van der Waals surface area contributed by atoms with Crippen LogP contribution in [0.25, 0.3) is 10.9 Å². The summed E-state index contributed by atoms with van der Waals surface area (Å²) < 4.78 is 21.5. The summed E-state index contributed by atoms with van der Waals surface area (Å²) in [6, 6.07) is 7.38. The first-order valence-corrected chi connectivity index (χ1v) is 9.29. The smallest absolute Gasteiger partial charge is 0.251 e. The number of benzene rings is 1. The Morgan fingerprint density at radius 3 is 3.00 bits per heavy atom. The van der Waals surface area contributed by atoms with Gasteiger partial charge in [0.2, 0.25) is 0 Å². The summed E-state index contributed by atoms with van der Waals surface area (Å²) in [5, 5.41) is 8.09. The number of hydrogen-bond acceptors (Lipinski definition) is 6. The molecule has 0 aliphatic carbocycles. The molecule has 2 aromatic heterocycles. The first kappa shape index (κ1) is 18.8. The molecule has 4 rings (SSSR count). The molecule has 3 heterocycles. The third-order valence-electron chi connectivity index (χ3n) is 4.34. The van der Waals surface area contributed by atoms with E-state index in [9.17, 15) is 4.79 Å². The minimum Gasteiger partial charge on any atom is -0.484 e. The number of aryl methyl sites for hydroxylation is 1. The Hall–Kier alpha value is -2.55. The number of nitrogens with zero attached hydrogens (tertiary/aromatic N) is 1. The number of fused-ring (bicyclic) bond motifs is 1. The van der Waals surface area contributed by atoms with Crippen LogP contribution < -0.4 is 10.1 Å². The van der Waals surface area contributed by atoms with Crippen LogP contribution in [0, 0.1) is 6.92 Å². The zero-order valence-electron chi connectivity index (χ0n) is 15.3. The van der Waals surface area contributed by atoms with Crippen molar-refractivity contribution in [3.05, 3.63) is 46.4 Å². The van der Waals surface area contributed by atoms with Gasteiger partial charge in [-0.25, -0.2) is 0 Å². The topological polar surface area (TPSA) is 98.6 Å². The number of H-pyrrole nitrogens is 1. The normalized spacial score (nSPS) is 17.0. The van der Waals surface area contributed by atoms with E-state index in [-0.39, 0.29) is 19.1 Å². The number of carbonyl (C=O) groups is 1. The lowest BCUT2D eigenvalue weighted by Gasteiger charge is -2.21. The zero-order valence-corrected chi connectivity index (χ0v) is 16.0. The van der Waals surface area contributed by atoms with Crippen LogP contribution in [-0.2, 0) is 27.4 Å². The Labute approximate surface area is 166 Å². The fourth-order valence-corrected chi connectivity index (χ4v) is 3.19. The van der Waals surface area contributed by atoms with Crippen molar-refractivity contribution >= 4 is 28.4 Å². The molecule has 0 bridgehead atoms. The van der Waals surface area contributed by atoms with E-state index in [1.807, 2.05) is 31.2 Å². The number of ether oxygens (including phenoxy) is 3. The Morgan fingerprint density at radius 2 is 2.25 bits per heavy atom. The van der Waals surface area contributed by atoms with E-state index in [2.05, 4.69) is 15.5 Å². The first-order chi connectivity index (χ1) is 13.6. The highest BCUT2D eigenvalue weighted by Gasteiger charge is 2.22. The molecular formula is C19H20ClN3O5. The number of halogens is 1. The molecule has 0 radical (unpaired) electrons. The second kappa shape index (κ2) is 8.22. The molecule has 0 saturated carbocycles. The summed E-state index contributed by atoms with van der Waals surface area (Å²) in [7, 11) is 0. The lowest BCUT2D eigenvalue weighted by molar-refractivity contribution is -0.147. The third-order valence-corrected chi connectivity index (χ3v) is 4.63. The standard InChI is InChI=1S/C19H20ClN3O5/c1-11-4-14(28-23-11)9-27-17-7-16-12(6-15(17)20)5-13(22-16)8-21-19(24)18-10-25-2-3-26-18/h4-7,18,22H,2-3,8-10H2,1H3,(H,21,24). The molecular weight excluding hydrogens is 386 g/mol. The van der Waals surface area contributed by atoms with E-state index in [1.54, 1.807) is 0 Å². The van der Waals surface area contributed by atoms with Crippen LogP contribution >= 0.6 is 11.6 Å². The van der Waals surface area contributed by atoms with Gasteiger partial charge in [-0.1, -0.05) is 16.8 Å². The molecule has 1 atom stereocenters. The largest absolute Gasteiger partial charge is 0.484 e. The predicted molar refractivity (Wildman–Crippen MR) is 101 cm³/mol. The molecule has 3 aromatic rings. The van der Waals surface area contributed by atoms with E-state index in [4.69, 9.17) is 30.3 Å². The van der Waals surface area contributed by atoms with Crippen molar-refractivity contribution in [2.24, 2.45) is 0 Å². The highest BCUT2D eigenvalue weighted by molar-refractivity contribution is 6.32. The monoisotopic (exact) mass is 405 g/mol. The van der Waals surface area contributed by atoms with Crippen LogP contribution in [0.4, 0.5) is 0 Å². The highest BCUT2D eigenvalue weighted by atomic mass is 35.5. The van der Waals surface area contributed by atoms with Crippen molar-refractivity contribution in [3.63, 3.8) is 0 Å². The van der Waals surface area contributed by atoms with Crippen molar-refractivity contribution < 1.29 is 23.5 Å². The van der Waals surface area contributed by atoms with E-state index in [0.29, 0.717) is 36.3 Å². The molecule has 148 valence electrons. The van der Waals surface area contributed by atoms with Crippen molar-refractivity contribution in [3.8, 4) is 5.75 Å². The first-order valence-electron chi connectivity index (χ1n) is 8.91. The molecule has 9 heteroatoms. The second-order valence-electron chi connectivity index (χ2n) is 6.54. The van der Waals surface area contributed by atoms with Gasteiger partial charge in [-0.15, -0.1) is 0 Å². The van der Waals surface area contributed by atoms with Crippen LogP contribution in [0.2, 0.25) is 5.02 Å². The number of aromatic amines is 1. The summed E-state index contributed by atoms with van der Waals surface area (Å²) in [6.07, 6.45) is -0.563. The van der Waals surface area contributed by atoms with Gasteiger partial charge in [0.1, 0.15) is 12.4 Å². The molecule has 1 aromatic carbocycles. The lowest BCUT2D eigenvalue weighted by atomic mass is 10.2. The van der Waals surface area contributed by atoms with Gasteiger partial charge in [0.15, 0.2) is 11.9 Å². The molecule has 0 spiro atoms. The van der Waals surface area contributed by atoms with Crippen LogP contribution in [0.3, 0.4) is 0 Å². The Bertz CT molecular complexity index is 977. The number of amides is 1. The average molecular weight is 406 g/mol. The van der Waals surface area contributed by atoms with Crippen LogP contribution in [0.1, 0.15) is 17.1 Å². The Balaban J connectivity index is 1.41. The van der Waals surface area contributed by atoms with Crippen LogP contribution in [-0.4, -0.2) is 42.0 Å². The summed E-state index contributed by atoms with van der Waals surface area (Å²) in [4.78, 5) is 15.4. The van der Waals surface area contributed by atoms with Gasteiger partial charge in [-0.05, 0) is 19.1 Å². The number of rotatable bonds is 6. The lowest BCUT2D eigenvalue weighted by Crippen LogP contribution is -2.42. The third kappa shape index (κ3) is 4.30. The van der Waals surface area contributed by atoms with Gasteiger partial charge in [0, 0.05) is 28.7 Å².